The number of halogens is 3. The van der Waals surface area contributed by atoms with Gasteiger partial charge in [0.05, 0.1) is 31.8 Å². The van der Waals surface area contributed by atoms with Crippen LogP contribution in [0.25, 0.3) is 0 Å². The number of alkyl halides is 3. The lowest BCUT2D eigenvalue weighted by Gasteiger charge is -2.17. The van der Waals surface area contributed by atoms with Crippen LogP contribution >= 0.6 is 0 Å². The van der Waals surface area contributed by atoms with E-state index in [9.17, 15) is 32.3 Å². The number of amides is 2. The molecule has 0 unspecified atom stereocenters. The Kier molecular flexibility index (Phi) is 13.3. The molecule has 0 radical (unpaired) electrons. The zero-order valence-corrected chi connectivity index (χ0v) is 27.2. The highest BCUT2D eigenvalue weighted by Gasteiger charge is 2.30. The van der Waals surface area contributed by atoms with E-state index >= 15 is 0 Å². The van der Waals surface area contributed by atoms with E-state index in [1.807, 2.05) is 24.3 Å². The summed E-state index contributed by atoms with van der Waals surface area (Å²) in [5, 5.41) is 5.20. The van der Waals surface area contributed by atoms with Crippen molar-refractivity contribution < 1.29 is 51.3 Å². The first-order valence-electron chi connectivity index (χ1n) is 15.7. The highest BCUT2D eigenvalue weighted by Crippen LogP contribution is 2.26. The van der Waals surface area contributed by atoms with Gasteiger partial charge in [0.15, 0.2) is 12.4 Å². The summed E-state index contributed by atoms with van der Waals surface area (Å²) in [6.45, 7) is -0.983. The van der Waals surface area contributed by atoms with Crippen LogP contribution in [0.3, 0.4) is 0 Å². The molecule has 0 saturated heterocycles. The Balaban J connectivity index is 1.63. The van der Waals surface area contributed by atoms with Gasteiger partial charge in [0.2, 0.25) is 5.95 Å². The van der Waals surface area contributed by atoms with Crippen molar-refractivity contribution in [2.24, 2.45) is 11.7 Å². The molecule has 50 heavy (non-hydrogen) atoms. The zero-order chi connectivity index (χ0) is 36.1. The van der Waals surface area contributed by atoms with Crippen LogP contribution in [0.15, 0.2) is 42.5 Å². The molecule has 17 heteroatoms. The molecular weight excluding hydrogens is 665 g/mol. The van der Waals surface area contributed by atoms with Gasteiger partial charge >= 0.3 is 30.0 Å². The quantitative estimate of drug-likeness (QED) is 0.176. The second-order valence-corrected chi connectivity index (χ2v) is 11.3. The van der Waals surface area contributed by atoms with E-state index in [0.717, 1.165) is 31.9 Å². The Morgan fingerprint density at radius 1 is 0.960 bits per heavy atom. The van der Waals surface area contributed by atoms with E-state index in [2.05, 4.69) is 25.6 Å². The second-order valence-electron chi connectivity index (χ2n) is 11.3. The van der Waals surface area contributed by atoms with Crippen molar-refractivity contribution in [1.82, 2.24) is 20.3 Å². The van der Waals surface area contributed by atoms with E-state index in [-0.39, 0.29) is 49.2 Å². The Labute approximate surface area is 285 Å². The minimum Gasteiger partial charge on any atom is -0.494 e. The van der Waals surface area contributed by atoms with Crippen LogP contribution in [0.1, 0.15) is 59.4 Å². The number of nitrogens with one attached hydrogen (secondary N) is 2. The number of nitrogens with two attached hydrogens (primary N) is 1. The minimum absolute atomic E-state index is 0.000376. The van der Waals surface area contributed by atoms with Gasteiger partial charge in [-0.2, -0.15) is 28.1 Å². The molecule has 14 nitrogen and oxygen atoms in total. The third-order valence-electron chi connectivity index (χ3n) is 7.37. The van der Waals surface area contributed by atoms with Crippen molar-refractivity contribution in [3.05, 3.63) is 65.0 Å². The van der Waals surface area contributed by atoms with Gasteiger partial charge in [0, 0.05) is 25.9 Å². The molecule has 3 aromatic rings. The lowest BCUT2D eigenvalue weighted by molar-refractivity contribution is -0.154. The van der Waals surface area contributed by atoms with E-state index < -0.39 is 54.7 Å². The molecule has 5 rings (SSSR count). The number of primary amides is 1. The van der Waals surface area contributed by atoms with Gasteiger partial charge in [0.25, 0.3) is 0 Å². The fourth-order valence-corrected chi connectivity index (χ4v) is 4.83. The summed E-state index contributed by atoms with van der Waals surface area (Å²) < 4.78 is 60.4. The first-order valence-corrected chi connectivity index (χ1v) is 15.7. The molecule has 4 N–H and O–H groups in total. The fraction of sp³-hybridized carbons (Fsp3) is 0.424. The number of rotatable bonds is 8. The van der Waals surface area contributed by atoms with Crippen LogP contribution in [0.2, 0.25) is 0 Å². The Bertz CT molecular complexity index is 1660. The molecule has 0 spiro atoms. The lowest BCUT2D eigenvalue weighted by atomic mass is 9.96. The van der Waals surface area contributed by atoms with E-state index in [4.69, 9.17) is 24.7 Å². The van der Waals surface area contributed by atoms with Crippen molar-refractivity contribution in [3.63, 3.8) is 0 Å². The molecule has 2 amide bonds. The molecule has 0 fully saturated rings. The number of hydrogen-bond donors (Lipinski definition) is 3. The summed E-state index contributed by atoms with van der Waals surface area (Å²) in [6.07, 6.45) is -1.88. The molecule has 1 atom stereocenters. The summed E-state index contributed by atoms with van der Waals surface area (Å²) >= 11 is 0. The third kappa shape index (κ3) is 11.9. The van der Waals surface area contributed by atoms with Gasteiger partial charge in [-0.1, -0.05) is 18.2 Å². The van der Waals surface area contributed by atoms with Crippen LogP contribution in [0.4, 0.5) is 19.1 Å². The number of ether oxygens (including phenoxy) is 4. The SMILES string of the molecule is COC(=O)[C@H](CNC(=O)C(N)=O)CC(=O)c1ccc2cc1OCCCCCCOc1ccc(cc1)CNc1nc(nc(OCC(F)(F)F)n1)C2. The van der Waals surface area contributed by atoms with Crippen LogP contribution in [0.5, 0.6) is 17.5 Å². The van der Waals surface area contributed by atoms with Crippen molar-refractivity contribution in [2.45, 2.75) is 51.2 Å². The van der Waals surface area contributed by atoms with Crippen molar-refractivity contribution >= 4 is 29.5 Å². The minimum atomic E-state index is -4.62. The number of fused-ring (bicyclic) bond motifs is 10. The van der Waals surface area contributed by atoms with Gasteiger partial charge in [-0.3, -0.25) is 19.2 Å². The number of aromatic nitrogens is 3. The van der Waals surface area contributed by atoms with Crippen LogP contribution in [-0.2, 0) is 32.1 Å². The first-order chi connectivity index (χ1) is 23.9. The number of carbonyl (C=O) groups excluding carboxylic acids is 4. The maximum Gasteiger partial charge on any atom is 0.422 e. The van der Waals surface area contributed by atoms with Crippen LogP contribution in [-0.4, -0.2) is 78.2 Å². The highest BCUT2D eigenvalue weighted by molar-refractivity contribution is 6.34. The molecule has 2 aromatic carbocycles. The van der Waals surface area contributed by atoms with E-state index in [1.54, 1.807) is 12.1 Å². The predicted octanol–water partition coefficient (Wildman–Crippen LogP) is 3.31. The van der Waals surface area contributed by atoms with E-state index in [1.165, 1.54) is 6.07 Å². The topological polar surface area (TPSA) is 194 Å². The van der Waals surface area contributed by atoms with Crippen LogP contribution in [0, 0.1) is 5.92 Å². The zero-order valence-electron chi connectivity index (χ0n) is 27.2. The average Bonchev–Trinajstić information content (AvgIpc) is 3.08. The number of ketones is 1. The van der Waals surface area contributed by atoms with Gasteiger partial charge < -0.3 is 35.3 Å². The molecule has 268 valence electrons. The van der Waals surface area contributed by atoms with Gasteiger partial charge in [-0.05, 0) is 61.1 Å². The predicted molar refractivity (Wildman–Crippen MR) is 171 cm³/mol. The van der Waals surface area contributed by atoms with Crippen LogP contribution < -0.4 is 30.6 Å². The number of Topliss-reactive ketones (excluding diaryl/α,β-unsaturated/α-hetero) is 1. The lowest BCUT2D eigenvalue weighted by Crippen LogP contribution is -2.41. The normalized spacial score (nSPS) is 14.4. The third-order valence-corrected chi connectivity index (χ3v) is 7.37. The summed E-state index contributed by atoms with van der Waals surface area (Å²) in [6, 6.07) is 11.5. The Hall–Kier alpha value is -5.48. The molecule has 0 saturated carbocycles. The molecule has 3 heterocycles. The van der Waals surface area contributed by atoms with Gasteiger partial charge in [0.1, 0.15) is 17.3 Å². The molecular formula is C33H37F3N6O8. The number of carbonyl (C=O) groups is 4. The van der Waals surface area contributed by atoms with Crippen molar-refractivity contribution in [1.29, 1.82) is 0 Å². The monoisotopic (exact) mass is 702 g/mol. The second kappa shape index (κ2) is 17.8. The van der Waals surface area contributed by atoms with Gasteiger partial charge in [-0.15, -0.1) is 0 Å². The number of anilines is 1. The summed E-state index contributed by atoms with van der Waals surface area (Å²) in [5.74, 6) is -3.88. The molecule has 2 aliphatic heterocycles. The standard InChI is InChI=1S/C33H37F3N6O8/c1-47-30(46)22(18-38-29(45)28(37)44)16-25(43)24-11-8-21-14-26(24)49-13-5-3-2-4-12-48-23-9-6-20(7-10-23)17-39-31-40-27(15-21)41-32(42-31)50-19-33(34,35)36/h6-11,14,22H,2-5,12-13,15-19H2,1H3,(H2,37,44)(H,38,45)(H,39,40,41,42)/t22-/m0/s1. The maximum atomic E-state index is 13.5. The number of hydrogen-bond acceptors (Lipinski definition) is 12. The van der Waals surface area contributed by atoms with Gasteiger partial charge in [-0.25, -0.2) is 0 Å². The largest absolute Gasteiger partial charge is 0.494 e. The number of methoxy groups -OCH3 is 1. The Morgan fingerprint density at radius 3 is 2.34 bits per heavy atom. The Morgan fingerprint density at radius 2 is 1.66 bits per heavy atom. The molecule has 0 aliphatic carbocycles. The van der Waals surface area contributed by atoms with E-state index in [0.29, 0.717) is 24.3 Å². The molecule has 1 aromatic heterocycles. The maximum absolute atomic E-state index is 13.5. The van der Waals surface area contributed by atoms with Crippen molar-refractivity contribution in [3.8, 4) is 17.5 Å². The smallest absolute Gasteiger partial charge is 0.422 e. The van der Waals surface area contributed by atoms with Crippen molar-refractivity contribution in [2.75, 3.05) is 38.8 Å². The summed E-state index contributed by atoms with van der Waals surface area (Å²) in [5.41, 5.74) is 6.49. The highest BCUT2D eigenvalue weighted by atomic mass is 19.4. The molecule has 2 aliphatic rings. The summed E-state index contributed by atoms with van der Waals surface area (Å²) in [7, 11) is 1.12. The average molecular weight is 703 g/mol. The number of benzene rings is 2. The number of esters is 1. The molecule has 6 bridgehead atoms. The first kappa shape index (κ1) is 37.3. The summed E-state index contributed by atoms with van der Waals surface area (Å²) in [4.78, 5) is 61.2. The fourth-order valence-electron chi connectivity index (χ4n) is 4.83. The number of nitrogens with zero attached hydrogens (tertiary/aromatic N) is 3.